The molecule has 0 aromatic heterocycles. The van der Waals surface area contributed by atoms with E-state index in [0.29, 0.717) is 5.92 Å². The molecule has 0 N–H and O–H groups in total. The Balaban J connectivity index is 1.33. The fourth-order valence-corrected chi connectivity index (χ4v) is 4.04. The van der Waals surface area contributed by atoms with Crippen LogP contribution in [0.4, 0.5) is 4.39 Å². The Kier molecular flexibility index (Phi) is 6.84. The zero-order chi connectivity index (χ0) is 21.6. The van der Waals surface area contributed by atoms with Crippen LogP contribution in [0.15, 0.2) is 97.1 Å². The Morgan fingerprint density at radius 3 is 1.84 bits per heavy atom. The Labute approximate surface area is 189 Å². The van der Waals surface area contributed by atoms with Crippen molar-refractivity contribution in [1.82, 2.24) is 0 Å². The minimum atomic E-state index is -0.384. The van der Waals surface area contributed by atoms with Gasteiger partial charge in [-0.05, 0) is 70.7 Å². The third kappa shape index (κ3) is 5.62. The maximum atomic E-state index is 13.7. The van der Waals surface area contributed by atoms with E-state index in [1.807, 2.05) is 18.2 Å². The number of halogens is 2. The van der Waals surface area contributed by atoms with E-state index in [4.69, 9.17) is 11.6 Å². The van der Waals surface area contributed by atoms with Crippen molar-refractivity contribution < 1.29 is 4.39 Å². The van der Waals surface area contributed by atoms with Crippen molar-refractivity contribution in [1.29, 1.82) is 0 Å². The lowest BCUT2D eigenvalue weighted by Crippen LogP contribution is -1.99. The average molecular weight is 429 g/mol. The zero-order valence-electron chi connectivity index (χ0n) is 17.7. The van der Waals surface area contributed by atoms with Gasteiger partial charge in [-0.25, -0.2) is 4.39 Å². The first-order valence-electron chi connectivity index (χ1n) is 10.8. The molecule has 4 aromatic carbocycles. The first kappa shape index (κ1) is 21.3. The van der Waals surface area contributed by atoms with Crippen LogP contribution < -0.4 is 0 Å². The highest BCUT2D eigenvalue weighted by molar-refractivity contribution is 6.30. The Morgan fingerprint density at radius 1 is 0.677 bits per heavy atom. The molecule has 2 heteroatoms. The van der Waals surface area contributed by atoms with Crippen LogP contribution in [0.1, 0.15) is 35.1 Å². The van der Waals surface area contributed by atoms with Crippen LogP contribution in [0, 0.1) is 5.82 Å². The third-order valence-corrected chi connectivity index (χ3v) is 6.15. The van der Waals surface area contributed by atoms with Gasteiger partial charge in [0, 0.05) is 0 Å². The average Bonchev–Trinajstić information content (AvgIpc) is 2.81. The summed E-state index contributed by atoms with van der Waals surface area (Å²) in [6.45, 7) is 2.28. The van der Waals surface area contributed by atoms with Gasteiger partial charge in [0.15, 0.2) is 0 Å². The molecule has 0 heterocycles. The van der Waals surface area contributed by atoms with Crippen LogP contribution in [0.25, 0.3) is 11.1 Å². The molecular formula is C29H26ClF. The number of benzene rings is 4. The summed E-state index contributed by atoms with van der Waals surface area (Å²) < 4.78 is 13.7. The van der Waals surface area contributed by atoms with E-state index in [0.717, 1.165) is 30.4 Å². The third-order valence-electron chi connectivity index (χ3n) is 5.84. The molecule has 1 atom stereocenters. The maximum absolute atomic E-state index is 13.7. The van der Waals surface area contributed by atoms with Crippen LogP contribution in [-0.4, -0.2) is 0 Å². The fourth-order valence-electron chi connectivity index (χ4n) is 3.92. The summed E-state index contributed by atoms with van der Waals surface area (Å²) in [6, 6.07) is 33.0. The van der Waals surface area contributed by atoms with Crippen molar-refractivity contribution in [3.05, 3.63) is 130 Å². The standard InChI is InChI=1S/C29H26ClF/c1-21(25-5-3-2-4-6-25)19-24-11-9-22(10-12-24)7-8-23-13-15-26(16-14-23)27-17-18-28(30)29(31)20-27/h2-6,9-18,20-21H,7-8,19H2,1H3/t21-/m0/s1. The quantitative estimate of drug-likeness (QED) is 0.278. The topological polar surface area (TPSA) is 0 Å². The number of aryl methyl sites for hydroxylation is 2. The second-order valence-corrected chi connectivity index (χ2v) is 8.57. The highest BCUT2D eigenvalue weighted by Crippen LogP contribution is 2.25. The van der Waals surface area contributed by atoms with Crippen molar-refractivity contribution in [2.75, 3.05) is 0 Å². The molecule has 4 rings (SSSR count). The molecule has 0 radical (unpaired) electrons. The monoisotopic (exact) mass is 428 g/mol. The van der Waals surface area contributed by atoms with E-state index in [1.54, 1.807) is 6.07 Å². The summed E-state index contributed by atoms with van der Waals surface area (Å²) in [6.07, 6.45) is 3.04. The van der Waals surface area contributed by atoms with Crippen LogP contribution >= 0.6 is 11.6 Å². The smallest absolute Gasteiger partial charge is 0.142 e. The minimum Gasteiger partial charge on any atom is -0.205 e. The molecule has 0 spiro atoms. The van der Waals surface area contributed by atoms with Crippen molar-refractivity contribution in [3.63, 3.8) is 0 Å². The van der Waals surface area contributed by atoms with Gasteiger partial charge in [-0.1, -0.05) is 103 Å². The van der Waals surface area contributed by atoms with Crippen molar-refractivity contribution >= 4 is 11.6 Å². The SMILES string of the molecule is C[C@@H](Cc1ccc(CCc2ccc(-c3ccc(Cl)c(F)c3)cc2)cc1)c1ccccc1. The van der Waals surface area contributed by atoms with Crippen molar-refractivity contribution in [3.8, 4) is 11.1 Å². The fraction of sp³-hybridized carbons (Fsp3) is 0.172. The summed E-state index contributed by atoms with van der Waals surface area (Å²) >= 11 is 5.78. The van der Waals surface area contributed by atoms with Crippen LogP contribution in [0.5, 0.6) is 0 Å². The highest BCUT2D eigenvalue weighted by atomic mass is 35.5. The van der Waals surface area contributed by atoms with Gasteiger partial charge in [0.2, 0.25) is 0 Å². The molecule has 0 saturated carbocycles. The van der Waals surface area contributed by atoms with Crippen molar-refractivity contribution in [2.24, 2.45) is 0 Å². The molecule has 0 saturated heterocycles. The number of rotatable bonds is 7. The highest BCUT2D eigenvalue weighted by Gasteiger charge is 2.07. The maximum Gasteiger partial charge on any atom is 0.142 e. The molecule has 0 amide bonds. The second-order valence-electron chi connectivity index (χ2n) is 8.16. The summed E-state index contributed by atoms with van der Waals surface area (Å²) in [5.74, 6) is 0.129. The predicted molar refractivity (Wildman–Crippen MR) is 129 cm³/mol. The lowest BCUT2D eigenvalue weighted by Gasteiger charge is -2.12. The Bertz CT molecular complexity index is 1120. The van der Waals surface area contributed by atoms with Gasteiger partial charge in [-0.2, -0.15) is 0 Å². The van der Waals surface area contributed by atoms with Gasteiger partial charge in [0.25, 0.3) is 0 Å². The lowest BCUT2D eigenvalue weighted by atomic mass is 9.93. The molecule has 0 aliphatic rings. The summed E-state index contributed by atoms with van der Waals surface area (Å²) in [4.78, 5) is 0. The van der Waals surface area contributed by atoms with Crippen LogP contribution in [0.2, 0.25) is 5.02 Å². The molecular weight excluding hydrogens is 403 g/mol. The molecule has 0 bridgehead atoms. The summed E-state index contributed by atoms with van der Waals surface area (Å²) in [5, 5.41) is 0.154. The Hall–Kier alpha value is -2.90. The molecule has 0 aliphatic carbocycles. The molecule has 0 nitrogen and oxygen atoms in total. The lowest BCUT2D eigenvalue weighted by molar-refractivity contribution is 0.629. The van der Waals surface area contributed by atoms with E-state index in [-0.39, 0.29) is 10.8 Å². The van der Waals surface area contributed by atoms with Gasteiger partial charge >= 0.3 is 0 Å². The molecule has 31 heavy (non-hydrogen) atoms. The minimum absolute atomic E-state index is 0.154. The van der Waals surface area contributed by atoms with E-state index in [9.17, 15) is 4.39 Å². The van der Waals surface area contributed by atoms with Gasteiger partial charge in [-0.3, -0.25) is 0 Å². The Morgan fingerprint density at radius 2 is 1.23 bits per heavy atom. The van der Waals surface area contributed by atoms with Gasteiger partial charge in [0.1, 0.15) is 5.82 Å². The normalized spacial score (nSPS) is 12.0. The molecule has 0 fully saturated rings. The molecule has 156 valence electrons. The molecule has 0 unspecified atom stereocenters. The second kappa shape index (κ2) is 9.94. The van der Waals surface area contributed by atoms with E-state index in [2.05, 4.69) is 73.7 Å². The first-order chi connectivity index (χ1) is 15.1. The van der Waals surface area contributed by atoms with Gasteiger partial charge in [0.05, 0.1) is 5.02 Å². The summed E-state index contributed by atoms with van der Waals surface area (Å²) in [5.41, 5.74) is 7.22. The van der Waals surface area contributed by atoms with Crippen molar-refractivity contribution in [2.45, 2.75) is 32.1 Å². The van der Waals surface area contributed by atoms with Gasteiger partial charge < -0.3 is 0 Å². The zero-order valence-corrected chi connectivity index (χ0v) is 18.4. The predicted octanol–water partition coefficient (Wildman–Crippen LogP) is 8.28. The van der Waals surface area contributed by atoms with E-state index >= 15 is 0 Å². The van der Waals surface area contributed by atoms with Crippen LogP contribution in [-0.2, 0) is 19.3 Å². The van der Waals surface area contributed by atoms with Gasteiger partial charge in [-0.15, -0.1) is 0 Å². The summed E-state index contributed by atoms with van der Waals surface area (Å²) in [7, 11) is 0. The van der Waals surface area contributed by atoms with Crippen LogP contribution in [0.3, 0.4) is 0 Å². The van der Waals surface area contributed by atoms with E-state index < -0.39 is 0 Å². The number of hydrogen-bond donors (Lipinski definition) is 0. The molecule has 0 aliphatic heterocycles. The largest absolute Gasteiger partial charge is 0.205 e. The first-order valence-corrected chi connectivity index (χ1v) is 11.1. The molecule has 4 aromatic rings. The van der Waals surface area contributed by atoms with E-state index in [1.165, 1.54) is 28.3 Å². The number of hydrogen-bond acceptors (Lipinski definition) is 0.